The van der Waals surface area contributed by atoms with Crippen LogP contribution in [0.2, 0.25) is 5.02 Å². The van der Waals surface area contributed by atoms with Gasteiger partial charge in [0, 0.05) is 11.4 Å². The number of nitrogens with two attached hydrogens (primary N) is 1. The maximum Gasteiger partial charge on any atom is 0.243 e. The lowest BCUT2D eigenvalue weighted by molar-refractivity contribution is -0.118. The summed E-state index contributed by atoms with van der Waals surface area (Å²) in [5, 5.41) is 12.7. The summed E-state index contributed by atoms with van der Waals surface area (Å²) in [4.78, 5) is 11.9. The lowest BCUT2D eigenvalue weighted by atomic mass is 10.1. The van der Waals surface area contributed by atoms with Gasteiger partial charge in [0.05, 0.1) is 6.04 Å². The minimum absolute atomic E-state index is 0. The number of nitrogens with zero attached hydrogens (tertiary/aromatic N) is 2. The van der Waals surface area contributed by atoms with E-state index in [1.165, 1.54) is 11.3 Å². The molecule has 1 aromatic heterocycles. The van der Waals surface area contributed by atoms with Crippen molar-refractivity contribution in [1.29, 1.82) is 0 Å². The van der Waals surface area contributed by atoms with Gasteiger partial charge in [0.15, 0.2) is 0 Å². The van der Waals surface area contributed by atoms with Crippen LogP contribution in [0.25, 0.3) is 0 Å². The van der Waals surface area contributed by atoms with Crippen LogP contribution in [0, 0.1) is 5.92 Å². The zero-order valence-corrected chi connectivity index (χ0v) is 14.6. The van der Waals surface area contributed by atoms with Crippen LogP contribution in [0.15, 0.2) is 24.3 Å². The van der Waals surface area contributed by atoms with Gasteiger partial charge in [-0.25, -0.2) is 0 Å². The molecular weight excluding hydrogens is 343 g/mol. The van der Waals surface area contributed by atoms with E-state index in [9.17, 15) is 4.79 Å². The Morgan fingerprint density at radius 3 is 2.77 bits per heavy atom. The Kier molecular flexibility index (Phi) is 7.22. The first-order valence-electron chi connectivity index (χ1n) is 6.59. The molecule has 8 heteroatoms. The van der Waals surface area contributed by atoms with Crippen molar-refractivity contribution in [2.45, 2.75) is 26.3 Å². The zero-order valence-electron chi connectivity index (χ0n) is 12.2. The van der Waals surface area contributed by atoms with Crippen molar-refractivity contribution < 1.29 is 4.79 Å². The summed E-state index contributed by atoms with van der Waals surface area (Å²) in [6.07, 6.45) is 0.629. The molecule has 5 nitrogen and oxygen atoms in total. The van der Waals surface area contributed by atoms with Crippen molar-refractivity contribution in [2.75, 3.05) is 5.32 Å². The maximum absolute atomic E-state index is 11.9. The topological polar surface area (TPSA) is 80.9 Å². The molecule has 0 unspecified atom stereocenters. The lowest BCUT2D eigenvalue weighted by Gasteiger charge is -2.13. The molecule has 1 amide bonds. The normalized spacial score (nSPS) is 11.9. The van der Waals surface area contributed by atoms with Crippen LogP contribution in [0.4, 0.5) is 5.13 Å². The number of nitrogens with one attached hydrogen (secondary N) is 1. The zero-order chi connectivity index (χ0) is 15.4. The highest BCUT2D eigenvalue weighted by Gasteiger charge is 2.18. The van der Waals surface area contributed by atoms with Crippen molar-refractivity contribution in [3.63, 3.8) is 0 Å². The molecule has 1 heterocycles. The fourth-order valence-electron chi connectivity index (χ4n) is 1.69. The van der Waals surface area contributed by atoms with Crippen molar-refractivity contribution in [2.24, 2.45) is 11.7 Å². The number of amides is 1. The second kappa shape index (κ2) is 8.43. The fraction of sp³-hybridized carbons (Fsp3) is 0.357. The predicted octanol–water partition coefficient (Wildman–Crippen LogP) is 3.13. The van der Waals surface area contributed by atoms with Gasteiger partial charge in [-0.2, -0.15) is 0 Å². The SMILES string of the molecule is CC(C)[C@H](N)C(=O)Nc1nnc(Cc2cccc(Cl)c2)s1.Cl. The van der Waals surface area contributed by atoms with Crippen molar-refractivity contribution in [3.8, 4) is 0 Å². The number of benzene rings is 1. The van der Waals surface area contributed by atoms with E-state index in [1.54, 1.807) is 0 Å². The standard InChI is InChI=1S/C14H17ClN4OS.ClH/c1-8(2)12(16)13(20)17-14-19-18-11(21-14)7-9-4-3-5-10(15)6-9;/h3-6,8,12H,7,16H2,1-2H3,(H,17,19,20);1H/t12-;/m0./s1. The van der Waals surface area contributed by atoms with Crippen LogP contribution in [0.1, 0.15) is 24.4 Å². The van der Waals surface area contributed by atoms with Crippen molar-refractivity contribution in [3.05, 3.63) is 39.9 Å². The first-order valence-corrected chi connectivity index (χ1v) is 7.78. The van der Waals surface area contributed by atoms with Crippen LogP contribution in [-0.2, 0) is 11.2 Å². The van der Waals surface area contributed by atoms with Crippen LogP contribution >= 0.6 is 35.3 Å². The molecule has 0 radical (unpaired) electrons. The Bertz CT molecular complexity index is 633. The first kappa shape index (κ1) is 18.8. The second-order valence-corrected chi connectivity index (χ2v) is 6.57. The summed E-state index contributed by atoms with van der Waals surface area (Å²) in [6, 6.07) is 7.02. The van der Waals surface area contributed by atoms with E-state index in [2.05, 4.69) is 15.5 Å². The molecule has 120 valence electrons. The molecule has 0 aliphatic heterocycles. The van der Waals surface area contributed by atoms with E-state index in [-0.39, 0.29) is 24.2 Å². The molecule has 0 fully saturated rings. The molecule has 0 saturated carbocycles. The average Bonchev–Trinajstić information content (AvgIpc) is 2.84. The number of hydrogen-bond donors (Lipinski definition) is 2. The Hall–Kier alpha value is -1.21. The van der Waals surface area contributed by atoms with Gasteiger partial charge in [-0.15, -0.1) is 22.6 Å². The molecule has 0 aliphatic carbocycles. The van der Waals surface area contributed by atoms with Gasteiger partial charge in [-0.05, 0) is 23.6 Å². The maximum atomic E-state index is 11.9. The third-order valence-corrected chi connectivity index (χ3v) is 4.04. The van der Waals surface area contributed by atoms with Gasteiger partial charge < -0.3 is 5.73 Å². The Morgan fingerprint density at radius 1 is 1.41 bits per heavy atom. The summed E-state index contributed by atoms with van der Waals surface area (Å²) in [7, 11) is 0. The Morgan fingerprint density at radius 2 is 2.14 bits per heavy atom. The minimum Gasteiger partial charge on any atom is -0.320 e. The lowest BCUT2D eigenvalue weighted by Crippen LogP contribution is -2.39. The van der Waals surface area contributed by atoms with E-state index >= 15 is 0 Å². The van der Waals surface area contributed by atoms with Gasteiger partial charge in [0.2, 0.25) is 11.0 Å². The molecule has 2 aromatic rings. The number of halogens is 2. The van der Waals surface area contributed by atoms with E-state index in [0.717, 1.165) is 10.6 Å². The average molecular weight is 361 g/mol. The molecule has 1 atom stereocenters. The van der Waals surface area contributed by atoms with Gasteiger partial charge in [0.25, 0.3) is 0 Å². The van der Waals surface area contributed by atoms with E-state index < -0.39 is 6.04 Å². The van der Waals surface area contributed by atoms with Crippen LogP contribution < -0.4 is 11.1 Å². The molecule has 0 saturated heterocycles. The smallest absolute Gasteiger partial charge is 0.243 e. The van der Waals surface area contributed by atoms with E-state index in [1.807, 2.05) is 38.1 Å². The van der Waals surface area contributed by atoms with E-state index in [4.69, 9.17) is 17.3 Å². The molecule has 0 spiro atoms. The highest BCUT2D eigenvalue weighted by Crippen LogP contribution is 2.20. The molecule has 22 heavy (non-hydrogen) atoms. The van der Waals surface area contributed by atoms with Crippen LogP contribution in [0.3, 0.4) is 0 Å². The molecule has 0 bridgehead atoms. The Balaban J connectivity index is 0.00000242. The number of anilines is 1. The van der Waals surface area contributed by atoms with Gasteiger partial charge in [-0.3, -0.25) is 10.1 Å². The summed E-state index contributed by atoms with van der Waals surface area (Å²) in [6.45, 7) is 3.80. The molecular formula is C14H18Cl2N4OS. The highest BCUT2D eigenvalue weighted by molar-refractivity contribution is 7.15. The van der Waals surface area contributed by atoms with Gasteiger partial charge >= 0.3 is 0 Å². The molecule has 3 N–H and O–H groups in total. The number of rotatable bonds is 5. The van der Waals surface area contributed by atoms with Gasteiger partial charge in [-0.1, -0.05) is 48.9 Å². The molecule has 2 rings (SSSR count). The van der Waals surface area contributed by atoms with Crippen LogP contribution in [-0.4, -0.2) is 22.1 Å². The largest absolute Gasteiger partial charge is 0.320 e. The first-order chi connectivity index (χ1) is 9.95. The predicted molar refractivity (Wildman–Crippen MR) is 92.9 cm³/mol. The number of carbonyl (C=O) groups is 1. The van der Waals surface area contributed by atoms with Crippen molar-refractivity contribution >= 4 is 46.4 Å². The third-order valence-electron chi connectivity index (χ3n) is 2.96. The van der Waals surface area contributed by atoms with Crippen molar-refractivity contribution in [1.82, 2.24) is 10.2 Å². The Labute approximate surface area is 144 Å². The second-order valence-electron chi connectivity index (χ2n) is 5.07. The third kappa shape index (κ3) is 5.21. The van der Waals surface area contributed by atoms with Gasteiger partial charge in [0.1, 0.15) is 5.01 Å². The van der Waals surface area contributed by atoms with E-state index in [0.29, 0.717) is 16.6 Å². The monoisotopic (exact) mass is 360 g/mol. The van der Waals surface area contributed by atoms with Crippen LogP contribution in [0.5, 0.6) is 0 Å². The number of aromatic nitrogens is 2. The summed E-state index contributed by atoms with van der Waals surface area (Å²) in [5.41, 5.74) is 6.84. The minimum atomic E-state index is -0.551. The summed E-state index contributed by atoms with van der Waals surface area (Å²) in [5.74, 6) is -0.167. The quantitative estimate of drug-likeness (QED) is 0.857. The summed E-state index contributed by atoms with van der Waals surface area (Å²) < 4.78 is 0. The number of carbonyl (C=O) groups excluding carboxylic acids is 1. The highest BCUT2D eigenvalue weighted by atomic mass is 35.5. The fourth-order valence-corrected chi connectivity index (χ4v) is 2.68. The summed E-state index contributed by atoms with van der Waals surface area (Å²) >= 11 is 7.28. The molecule has 0 aliphatic rings. The molecule has 1 aromatic carbocycles. The number of hydrogen-bond acceptors (Lipinski definition) is 5.